The molecule has 0 saturated carbocycles. The molecule has 1 amide bonds. The number of aromatic nitrogens is 5. The van der Waals surface area contributed by atoms with Gasteiger partial charge in [-0.1, -0.05) is 0 Å². The van der Waals surface area contributed by atoms with Crippen LogP contribution >= 0.6 is 0 Å². The standard InChI is InChI=1S/C29H25F3N6O2/c1-17-20-5-4-19(40-3)12-23(20)26(13-34-17)38-8-6-21-22(25-15-36(2)35-27(25)29(30,31)32)10-18(11-24(21)28(38)39)14-37-9-7-33-16-37/h4-5,7,9-13,15-16H,6,8,14H2,1-3H3. The van der Waals surface area contributed by atoms with Crippen molar-refractivity contribution in [1.29, 1.82) is 0 Å². The maximum atomic E-state index is 14.1. The molecule has 1 aliphatic heterocycles. The number of ether oxygens (including phenoxy) is 1. The predicted molar refractivity (Wildman–Crippen MR) is 143 cm³/mol. The van der Waals surface area contributed by atoms with Crippen LogP contribution < -0.4 is 9.64 Å². The van der Waals surface area contributed by atoms with E-state index in [2.05, 4.69) is 15.1 Å². The molecule has 0 aliphatic carbocycles. The monoisotopic (exact) mass is 546 g/mol. The van der Waals surface area contributed by atoms with Gasteiger partial charge in [0.1, 0.15) is 5.75 Å². The Morgan fingerprint density at radius 1 is 1.07 bits per heavy atom. The van der Waals surface area contributed by atoms with E-state index in [1.165, 1.54) is 13.2 Å². The first-order chi connectivity index (χ1) is 19.1. The molecule has 0 N–H and O–H groups in total. The minimum absolute atomic E-state index is 0.0489. The van der Waals surface area contributed by atoms with Gasteiger partial charge in [-0.2, -0.15) is 18.3 Å². The summed E-state index contributed by atoms with van der Waals surface area (Å²) in [5.74, 6) is 0.340. The number of methoxy groups -OCH3 is 1. The van der Waals surface area contributed by atoms with E-state index in [0.29, 0.717) is 46.7 Å². The fraction of sp³-hybridized carbons (Fsp3) is 0.241. The number of carbonyl (C=O) groups is 1. The lowest BCUT2D eigenvalue weighted by Gasteiger charge is -2.31. The highest BCUT2D eigenvalue weighted by molar-refractivity contribution is 6.13. The van der Waals surface area contributed by atoms with Crippen LogP contribution in [0.1, 0.15) is 32.9 Å². The largest absolute Gasteiger partial charge is 0.497 e. The first-order valence-corrected chi connectivity index (χ1v) is 12.6. The second kappa shape index (κ2) is 9.51. The zero-order valence-electron chi connectivity index (χ0n) is 22.0. The molecule has 0 radical (unpaired) electrons. The molecule has 0 spiro atoms. The Hall–Kier alpha value is -4.67. The zero-order valence-corrected chi connectivity index (χ0v) is 22.0. The van der Waals surface area contributed by atoms with Gasteiger partial charge in [-0.05, 0) is 60.4 Å². The first-order valence-electron chi connectivity index (χ1n) is 12.6. The van der Waals surface area contributed by atoms with Crippen LogP contribution in [0, 0.1) is 6.92 Å². The SMILES string of the molecule is COc1ccc2c(C)ncc(N3CCc4c(cc(Cn5ccnc5)cc4-c4cn(C)nc4C(F)(F)F)C3=O)c2c1. The molecule has 40 heavy (non-hydrogen) atoms. The second-order valence-corrected chi connectivity index (χ2v) is 9.81. The Kier molecular flexibility index (Phi) is 6.09. The molecule has 0 unspecified atom stereocenters. The Bertz CT molecular complexity index is 1760. The maximum Gasteiger partial charge on any atom is 0.435 e. The molecular weight excluding hydrogens is 521 g/mol. The number of halogens is 3. The van der Waals surface area contributed by atoms with Crippen LogP contribution in [0.5, 0.6) is 5.75 Å². The number of fused-ring (bicyclic) bond motifs is 2. The van der Waals surface area contributed by atoms with Crippen molar-refractivity contribution >= 4 is 22.4 Å². The molecule has 0 saturated heterocycles. The van der Waals surface area contributed by atoms with Crippen molar-refractivity contribution in [2.75, 3.05) is 18.6 Å². The lowest BCUT2D eigenvalue weighted by molar-refractivity contribution is -0.140. The summed E-state index contributed by atoms with van der Waals surface area (Å²) in [4.78, 5) is 24.4. The van der Waals surface area contributed by atoms with Gasteiger partial charge >= 0.3 is 6.18 Å². The maximum absolute atomic E-state index is 14.1. The summed E-state index contributed by atoms with van der Waals surface area (Å²) in [6.07, 6.45) is 3.73. The van der Waals surface area contributed by atoms with Gasteiger partial charge in [0.2, 0.25) is 0 Å². The second-order valence-electron chi connectivity index (χ2n) is 9.81. The average Bonchev–Trinajstić information content (AvgIpc) is 3.59. The van der Waals surface area contributed by atoms with E-state index in [1.807, 2.05) is 25.1 Å². The van der Waals surface area contributed by atoms with Crippen LogP contribution in [0.3, 0.4) is 0 Å². The van der Waals surface area contributed by atoms with E-state index in [0.717, 1.165) is 21.1 Å². The number of rotatable bonds is 5. The number of alkyl halides is 3. The average molecular weight is 547 g/mol. The first kappa shape index (κ1) is 25.6. The van der Waals surface area contributed by atoms with E-state index in [-0.39, 0.29) is 18.0 Å². The third-order valence-corrected chi connectivity index (χ3v) is 7.25. The lowest BCUT2D eigenvalue weighted by Crippen LogP contribution is -2.38. The van der Waals surface area contributed by atoms with Crippen molar-refractivity contribution in [3.05, 3.63) is 89.5 Å². The molecule has 0 atom stereocenters. The molecular formula is C29H25F3N6O2. The summed E-state index contributed by atoms with van der Waals surface area (Å²) >= 11 is 0. The van der Waals surface area contributed by atoms with Crippen LogP contribution in [-0.2, 0) is 26.2 Å². The van der Waals surface area contributed by atoms with Gasteiger partial charge in [0.25, 0.3) is 5.91 Å². The summed E-state index contributed by atoms with van der Waals surface area (Å²) in [6.45, 7) is 2.51. The molecule has 4 heterocycles. The minimum atomic E-state index is -4.65. The van der Waals surface area contributed by atoms with Crippen molar-refractivity contribution in [1.82, 2.24) is 24.3 Å². The van der Waals surface area contributed by atoms with Crippen LogP contribution in [0.25, 0.3) is 21.9 Å². The number of amides is 1. The van der Waals surface area contributed by atoms with Crippen molar-refractivity contribution < 1.29 is 22.7 Å². The van der Waals surface area contributed by atoms with Gasteiger partial charge in [-0.15, -0.1) is 0 Å². The highest BCUT2D eigenvalue weighted by Gasteiger charge is 2.39. The number of hydrogen-bond acceptors (Lipinski definition) is 5. The zero-order chi connectivity index (χ0) is 28.2. The molecule has 5 aromatic rings. The number of imidazole rings is 1. The summed E-state index contributed by atoms with van der Waals surface area (Å²) in [5.41, 5.74) is 2.35. The molecule has 204 valence electrons. The van der Waals surface area contributed by atoms with Gasteiger partial charge in [0.05, 0.1) is 25.3 Å². The van der Waals surface area contributed by atoms with E-state index in [1.54, 1.807) is 53.6 Å². The van der Waals surface area contributed by atoms with E-state index in [9.17, 15) is 18.0 Å². The smallest absolute Gasteiger partial charge is 0.435 e. The molecule has 0 bridgehead atoms. The van der Waals surface area contributed by atoms with Crippen molar-refractivity contribution in [3.8, 4) is 16.9 Å². The van der Waals surface area contributed by atoms with Gasteiger partial charge in [0.15, 0.2) is 5.69 Å². The summed E-state index contributed by atoms with van der Waals surface area (Å²) in [5, 5.41) is 5.41. The Labute approximate surface area is 227 Å². The normalized spacial score (nSPS) is 13.7. The van der Waals surface area contributed by atoms with Gasteiger partial charge in [0, 0.05) is 66.3 Å². The Morgan fingerprint density at radius 3 is 2.60 bits per heavy atom. The Balaban J connectivity index is 1.53. The molecule has 1 aliphatic rings. The quantitative estimate of drug-likeness (QED) is 0.294. The number of anilines is 1. The van der Waals surface area contributed by atoms with Crippen LogP contribution in [0.2, 0.25) is 0 Å². The van der Waals surface area contributed by atoms with Gasteiger partial charge in [-0.25, -0.2) is 4.98 Å². The molecule has 8 nitrogen and oxygen atoms in total. The number of carbonyl (C=O) groups excluding carboxylic acids is 1. The lowest BCUT2D eigenvalue weighted by atomic mass is 9.87. The third kappa shape index (κ3) is 4.37. The minimum Gasteiger partial charge on any atom is -0.497 e. The molecule has 6 rings (SSSR count). The highest BCUT2D eigenvalue weighted by Crippen LogP contribution is 2.41. The van der Waals surface area contributed by atoms with Crippen LogP contribution in [0.15, 0.2) is 61.4 Å². The van der Waals surface area contributed by atoms with E-state index in [4.69, 9.17) is 4.74 Å². The topological polar surface area (TPSA) is 78.1 Å². The number of pyridine rings is 1. The molecule has 3 aromatic heterocycles. The van der Waals surface area contributed by atoms with Crippen molar-refractivity contribution in [3.63, 3.8) is 0 Å². The predicted octanol–water partition coefficient (Wildman–Crippen LogP) is 5.42. The Morgan fingerprint density at radius 2 is 1.88 bits per heavy atom. The molecule has 0 fully saturated rings. The summed E-state index contributed by atoms with van der Waals surface area (Å²) in [6, 6.07) is 9.11. The molecule has 11 heteroatoms. The number of aryl methyl sites for hydroxylation is 2. The van der Waals surface area contributed by atoms with Crippen LogP contribution in [-0.4, -0.2) is 43.9 Å². The molecule has 2 aromatic carbocycles. The fourth-order valence-electron chi connectivity index (χ4n) is 5.40. The number of benzene rings is 2. The van der Waals surface area contributed by atoms with Crippen molar-refractivity contribution in [2.45, 2.75) is 26.1 Å². The van der Waals surface area contributed by atoms with Crippen molar-refractivity contribution in [2.24, 2.45) is 7.05 Å². The number of nitrogens with zero attached hydrogens (tertiary/aromatic N) is 6. The van der Waals surface area contributed by atoms with Gasteiger partial charge < -0.3 is 14.2 Å². The fourth-order valence-corrected chi connectivity index (χ4v) is 5.40. The third-order valence-electron chi connectivity index (χ3n) is 7.25. The van der Waals surface area contributed by atoms with E-state index < -0.39 is 11.9 Å². The van der Waals surface area contributed by atoms with Crippen LogP contribution in [0.4, 0.5) is 18.9 Å². The van der Waals surface area contributed by atoms with E-state index >= 15 is 0 Å². The summed E-state index contributed by atoms with van der Waals surface area (Å²) in [7, 11) is 3.03. The van der Waals surface area contributed by atoms with Gasteiger partial charge in [-0.3, -0.25) is 14.5 Å². The number of hydrogen-bond donors (Lipinski definition) is 0. The summed E-state index contributed by atoms with van der Waals surface area (Å²) < 4.78 is 50.4. The highest BCUT2D eigenvalue weighted by atomic mass is 19.4.